The summed E-state index contributed by atoms with van der Waals surface area (Å²) >= 11 is 6.01. The quantitative estimate of drug-likeness (QED) is 0.772. The molecule has 1 aromatic rings. The molecule has 20 heavy (non-hydrogen) atoms. The summed E-state index contributed by atoms with van der Waals surface area (Å²) in [6.45, 7) is 5.20. The molecule has 0 amide bonds. The lowest BCUT2D eigenvalue weighted by atomic mass is 9.68. The summed E-state index contributed by atoms with van der Waals surface area (Å²) in [5.74, 6) is 0.870. The lowest BCUT2D eigenvalue weighted by Crippen LogP contribution is -2.40. The van der Waals surface area contributed by atoms with Gasteiger partial charge in [0.15, 0.2) is 0 Å². The molecule has 4 heteroatoms. The molecule has 0 radical (unpaired) electrons. The van der Waals surface area contributed by atoms with Crippen LogP contribution in [0.25, 0.3) is 0 Å². The van der Waals surface area contributed by atoms with Gasteiger partial charge in [-0.3, -0.25) is 4.90 Å². The Morgan fingerprint density at radius 1 is 1.10 bits per heavy atom. The zero-order valence-electron chi connectivity index (χ0n) is 12.4. The molecule has 2 fully saturated rings. The normalized spacial score (nSPS) is 23.1. The highest BCUT2D eigenvalue weighted by molar-refractivity contribution is 6.29. The fourth-order valence-electron chi connectivity index (χ4n) is 3.85. The Hall–Kier alpha value is -0.670. The average Bonchev–Trinajstić information content (AvgIpc) is 2.42. The Balaban J connectivity index is 1.58. The van der Waals surface area contributed by atoms with E-state index >= 15 is 0 Å². The highest BCUT2D eigenvalue weighted by atomic mass is 35.5. The van der Waals surface area contributed by atoms with E-state index in [2.05, 4.69) is 14.9 Å². The second-order valence-corrected chi connectivity index (χ2v) is 6.97. The van der Waals surface area contributed by atoms with E-state index in [0.29, 0.717) is 10.6 Å². The van der Waals surface area contributed by atoms with Crippen molar-refractivity contribution < 1.29 is 0 Å². The van der Waals surface area contributed by atoms with Gasteiger partial charge < -0.3 is 0 Å². The standard InChI is InChI=1S/C16H24ClN3/c1-13-11-14(17)19-15(18-13)12-20-9-7-16(8-10-20)5-3-2-4-6-16/h11H,2-10,12H2,1H3. The molecule has 1 aliphatic heterocycles. The third kappa shape index (κ3) is 3.32. The molecule has 1 aliphatic carbocycles. The zero-order chi connectivity index (χ0) is 14.0. The fraction of sp³-hybridized carbons (Fsp3) is 0.750. The summed E-state index contributed by atoms with van der Waals surface area (Å²) in [5.41, 5.74) is 1.63. The predicted octanol–water partition coefficient (Wildman–Crippen LogP) is 3.98. The number of aromatic nitrogens is 2. The largest absolute Gasteiger partial charge is 0.296 e. The van der Waals surface area contributed by atoms with Crippen LogP contribution in [0.1, 0.15) is 56.5 Å². The van der Waals surface area contributed by atoms with Gasteiger partial charge in [0.25, 0.3) is 0 Å². The van der Waals surface area contributed by atoms with E-state index in [4.69, 9.17) is 11.6 Å². The van der Waals surface area contributed by atoms with Crippen molar-refractivity contribution in [3.63, 3.8) is 0 Å². The Morgan fingerprint density at radius 3 is 2.45 bits per heavy atom. The van der Waals surface area contributed by atoms with E-state index < -0.39 is 0 Å². The monoisotopic (exact) mass is 293 g/mol. The molecule has 1 spiro atoms. The molecule has 2 aliphatic rings. The van der Waals surface area contributed by atoms with Gasteiger partial charge in [0.05, 0.1) is 6.54 Å². The molecule has 3 nitrogen and oxygen atoms in total. The lowest BCUT2D eigenvalue weighted by molar-refractivity contribution is 0.0628. The third-order valence-electron chi connectivity index (χ3n) is 5.07. The number of aryl methyl sites for hydroxylation is 1. The van der Waals surface area contributed by atoms with E-state index in [1.165, 1.54) is 58.0 Å². The molecule has 0 unspecified atom stereocenters. The highest BCUT2D eigenvalue weighted by Gasteiger charge is 2.35. The van der Waals surface area contributed by atoms with Gasteiger partial charge in [-0.1, -0.05) is 30.9 Å². The maximum atomic E-state index is 6.01. The predicted molar refractivity (Wildman–Crippen MR) is 81.8 cm³/mol. The molecule has 0 bridgehead atoms. The maximum Gasteiger partial charge on any atom is 0.144 e. The topological polar surface area (TPSA) is 29.0 Å². The summed E-state index contributed by atoms with van der Waals surface area (Å²) in [6, 6.07) is 1.82. The van der Waals surface area contributed by atoms with E-state index in [1.54, 1.807) is 0 Å². The van der Waals surface area contributed by atoms with Gasteiger partial charge >= 0.3 is 0 Å². The van der Waals surface area contributed by atoms with Crippen LogP contribution in [0.5, 0.6) is 0 Å². The van der Waals surface area contributed by atoms with E-state index in [0.717, 1.165) is 18.1 Å². The van der Waals surface area contributed by atoms with Crippen LogP contribution >= 0.6 is 11.6 Å². The van der Waals surface area contributed by atoms with Crippen LogP contribution in [0.2, 0.25) is 5.15 Å². The summed E-state index contributed by atoms with van der Waals surface area (Å²) in [5, 5.41) is 0.563. The Bertz CT molecular complexity index is 439. The van der Waals surface area contributed by atoms with Crippen molar-refractivity contribution in [3.05, 3.63) is 22.7 Å². The number of halogens is 1. The minimum atomic E-state index is 0.563. The first-order valence-corrected chi connectivity index (χ1v) is 8.26. The van der Waals surface area contributed by atoms with Crippen LogP contribution in [0.15, 0.2) is 6.07 Å². The van der Waals surface area contributed by atoms with Crippen LogP contribution in [-0.4, -0.2) is 28.0 Å². The van der Waals surface area contributed by atoms with Crippen molar-refractivity contribution in [3.8, 4) is 0 Å². The number of nitrogens with zero attached hydrogens (tertiary/aromatic N) is 3. The summed E-state index contributed by atoms with van der Waals surface area (Å²) < 4.78 is 0. The van der Waals surface area contributed by atoms with Gasteiger partial charge in [-0.2, -0.15) is 0 Å². The Kier molecular flexibility index (Phi) is 4.27. The van der Waals surface area contributed by atoms with Crippen molar-refractivity contribution in [2.75, 3.05) is 13.1 Å². The Morgan fingerprint density at radius 2 is 1.80 bits per heavy atom. The van der Waals surface area contributed by atoms with Crippen LogP contribution in [0.4, 0.5) is 0 Å². The lowest BCUT2D eigenvalue weighted by Gasteiger charge is -2.44. The highest BCUT2D eigenvalue weighted by Crippen LogP contribution is 2.44. The molecule has 3 rings (SSSR count). The molecule has 2 heterocycles. The van der Waals surface area contributed by atoms with E-state index in [9.17, 15) is 0 Å². The smallest absolute Gasteiger partial charge is 0.144 e. The number of rotatable bonds is 2. The Labute approximate surface area is 126 Å². The van der Waals surface area contributed by atoms with Crippen LogP contribution < -0.4 is 0 Å². The van der Waals surface area contributed by atoms with Crippen molar-refractivity contribution in [1.82, 2.24) is 14.9 Å². The summed E-state index contributed by atoms with van der Waals surface area (Å²) in [7, 11) is 0. The molecular weight excluding hydrogens is 270 g/mol. The first kappa shape index (κ1) is 14.3. The summed E-state index contributed by atoms with van der Waals surface area (Å²) in [6.07, 6.45) is 9.94. The van der Waals surface area contributed by atoms with Gasteiger partial charge in [0.1, 0.15) is 11.0 Å². The molecule has 1 aromatic heterocycles. The van der Waals surface area contributed by atoms with Gasteiger partial charge in [-0.25, -0.2) is 9.97 Å². The SMILES string of the molecule is Cc1cc(Cl)nc(CN2CCC3(CCCCC3)CC2)n1. The number of hydrogen-bond donors (Lipinski definition) is 0. The molecule has 1 saturated carbocycles. The van der Waals surface area contributed by atoms with Crippen LogP contribution in [0, 0.1) is 12.3 Å². The van der Waals surface area contributed by atoms with Crippen molar-refractivity contribution in [2.45, 2.75) is 58.4 Å². The number of hydrogen-bond acceptors (Lipinski definition) is 3. The van der Waals surface area contributed by atoms with E-state index in [-0.39, 0.29) is 0 Å². The van der Waals surface area contributed by atoms with Gasteiger partial charge in [-0.15, -0.1) is 0 Å². The van der Waals surface area contributed by atoms with Gasteiger partial charge in [0, 0.05) is 5.69 Å². The van der Waals surface area contributed by atoms with Crippen molar-refractivity contribution in [2.24, 2.45) is 5.41 Å². The van der Waals surface area contributed by atoms with Gasteiger partial charge in [0.2, 0.25) is 0 Å². The molecule has 0 N–H and O–H groups in total. The number of piperidine rings is 1. The van der Waals surface area contributed by atoms with Gasteiger partial charge in [-0.05, 0) is 57.2 Å². The first-order chi connectivity index (χ1) is 9.65. The second-order valence-electron chi connectivity index (χ2n) is 6.59. The minimum absolute atomic E-state index is 0.563. The molecule has 0 atom stereocenters. The molecule has 110 valence electrons. The second kappa shape index (κ2) is 5.98. The fourth-order valence-corrected chi connectivity index (χ4v) is 4.10. The molecular formula is C16H24ClN3. The van der Waals surface area contributed by atoms with Crippen molar-refractivity contribution >= 4 is 11.6 Å². The molecule has 1 saturated heterocycles. The summed E-state index contributed by atoms with van der Waals surface area (Å²) in [4.78, 5) is 11.3. The first-order valence-electron chi connectivity index (χ1n) is 7.88. The zero-order valence-corrected chi connectivity index (χ0v) is 13.1. The van der Waals surface area contributed by atoms with Crippen molar-refractivity contribution in [1.29, 1.82) is 0 Å². The van der Waals surface area contributed by atoms with Crippen LogP contribution in [-0.2, 0) is 6.54 Å². The van der Waals surface area contributed by atoms with E-state index in [1.807, 2.05) is 13.0 Å². The average molecular weight is 294 g/mol. The minimum Gasteiger partial charge on any atom is -0.296 e. The van der Waals surface area contributed by atoms with Crippen LogP contribution in [0.3, 0.4) is 0 Å². The maximum absolute atomic E-state index is 6.01. The molecule has 0 aromatic carbocycles. The third-order valence-corrected chi connectivity index (χ3v) is 5.26. The number of likely N-dealkylation sites (tertiary alicyclic amines) is 1.